The number of benzene rings is 2. The molecule has 0 fully saturated rings. The largest absolute Gasteiger partial charge is 0.486 e. The molecular formula is C17H15IN2O3. The number of amides is 1. The van der Waals surface area contributed by atoms with Gasteiger partial charge >= 0.3 is 0 Å². The number of hydrazone groups is 1. The molecule has 1 heterocycles. The van der Waals surface area contributed by atoms with Gasteiger partial charge in [0.2, 0.25) is 5.91 Å². The minimum absolute atomic E-state index is 0.177. The van der Waals surface area contributed by atoms with Crippen LogP contribution in [0.5, 0.6) is 11.5 Å². The number of hydrogen-bond acceptors (Lipinski definition) is 4. The lowest BCUT2D eigenvalue weighted by Gasteiger charge is -2.18. The summed E-state index contributed by atoms with van der Waals surface area (Å²) in [6, 6.07) is 13.3. The van der Waals surface area contributed by atoms with E-state index in [0.29, 0.717) is 19.0 Å². The maximum Gasteiger partial charge on any atom is 0.244 e. The first kappa shape index (κ1) is 15.8. The average Bonchev–Trinajstić information content (AvgIpc) is 2.56. The van der Waals surface area contributed by atoms with E-state index in [4.69, 9.17) is 9.47 Å². The predicted molar refractivity (Wildman–Crippen MR) is 96.0 cm³/mol. The van der Waals surface area contributed by atoms with Gasteiger partial charge in [0.05, 0.1) is 12.6 Å². The van der Waals surface area contributed by atoms with Crippen LogP contribution in [0.1, 0.15) is 11.1 Å². The van der Waals surface area contributed by atoms with Gasteiger partial charge in [0, 0.05) is 9.13 Å². The first-order valence-corrected chi connectivity index (χ1v) is 8.25. The van der Waals surface area contributed by atoms with Crippen molar-refractivity contribution < 1.29 is 14.3 Å². The molecule has 0 aliphatic carbocycles. The Kier molecular flexibility index (Phi) is 5.12. The van der Waals surface area contributed by atoms with E-state index in [-0.39, 0.29) is 12.3 Å². The monoisotopic (exact) mass is 422 g/mol. The lowest BCUT2D eigenvalue weighted by molar-refractivity contribution is -0.120. The first-order chi connectivity index (χ1) is 11.2. The van der Waals surface area contributed by atoms with Crippen molar-refractivity contribution in [1.82, 2.24) is 5.43 Å². The van der Waals surface area contributed by atoms with Crippen LogP contribution in [0.4, 0.5) is 0 Å². The number of fused-ring (bicyclic) bond motifs is 1. The van der Waals surface area contributed by atoms with Crippen molar-refractivity contribution in [2.45, 2.75) is 6.42 Å². The highest BCUT2D eigenvalue weighted by molar-refractivity contribution is 14.1. The summed E-state index contributed by atoms with van der Waals surface area (Å²) in [7, 11) is 0. The molecule has 0 saturated carbocycles. The number of rotatable bonds is 4. The quantitative estimate of drug-likeness (QED) is 0.469. The van der Waals surface area contributed by atoms with Gasteiger partial charge in [-0.15, -0.1) is 0 Å². The average molecular weight is 422 g/mol. The third-order valence-electron chi connectivity index (χ3n) is 3.27. The first-order valence-electron chi connectivity index (χ1n) is 7.17. The number of hydrogen-bond donors (Lipinski definition) is 1. The van der Waals surface area contributed by atoms with Crippen molar-refractivity contribution in [1.29, 1.82) is 0 Å². The molecule has 5 nitrogen and oxygen atoms in total. The van der Waals surface area contributed by atoms with Crippen molar-refractivity contribution in [2.24, 2.45) is 5.10 Å². The summed E-state index contributed by atoms with van der Waals surface area (Å²) in [5.41, 5.74) is 4.37. The van der Waals surface area contributed by atoms with Crippen molar-refractivity contribution >= 4 is 34.7 Å². The second-order valence-corrected chi connectivity index (χ2v) is 6.13. The van der Waals surface area contributed by atoms with Gasteiger partial charge in [0.15, 0.2) is 11.5 Å². The van der Waals surface area contributed by atoms with Gasteiger partial charge in [-0.25, -0.2) is 5.43 Å². The summed E-state index contributed by atoms with van der Waals surface area (Å²) < 4.78 is 12.0. The summed E-state index contributed by atoms with van der Waals surface area (Å²) in [5, 5.41) is 4.00. The number of carbonyl (C=O) groups is 1. The third kappa shape index (κ3) is 4.22. The molecule has 6 heteroatoms. The summed E-state index contributed by atoms with van der Waals surface area (Å²) >= 11 is 2.23. The van der Waals surface area contributed by atoms with Gasteiger partial charge in [0.25, 0.3) is 0 Å². The number of ether oxygens (including phenoxy) is 2. The van der Waals surface area contributed by atoms with Crippen molar-refractivity contribution in [3.05, 3.63) is 57.2 Å². The zero-order valence-electron chi connectivity index (χ0n) is 12.3. The molecular weight excluding hydrogens is 407 g/mol. The molecule has 1 amide bonds. The van der Waals surface area contributed by atoms with E-state index in [9.17, 15) is 4.79 Å². The molecule has 118 valence electrons. The van der Waals surface area contributed by atoms with E-state index in [1.807, 2.05) is 42.5 Å². The fourth-order valence-electron chi connectivity index (χ4n) is 2.18. The Bertz CT molecular complexity index is 746. The summed E-state index contributed by atoms with van der Waals surface area (Å²) in [6.07, 6.45) is 1.88. The standard InChI is InChI=1S/C17H15IN2O3/c18-14-4-2-1-3-13(14)11-19-20-17(21)10-12-5-6-15-16(9-12)23-8-7-22-15/h1-6,9,11H,7-8,10H2,(H,20,21)/b19-11+. The van der Waals surface area contributed by atoms with Gasteiger partial charge in [-0.2, -0.15) is 5.10 Å². The normalized spacial score (nSPS) is 13.1. The van der Waals surface area contributed by atoms with Crippen molar-refractivity contribution in [2.75, 3.05) is 13.2 Å². The smallest absolute Gasteiger partial charge is 0.244 e. The highest BCUT2D eigenvalue weighted by atomic mass is 127. The molecule has 1 aliphatic heterocycles. The molecule has 0 bridgehead atoms. The Morgan fingerprint density at radius 1 is 1.17 bits per heavy atom. The van der Waals surface area contributed by atoms with Crippen LogP contribution in [-0.4, -0.2) is 25.3 Å². The minimum Gasteiger partial charge on any atom is -0.486 e. The molecule has 3 rings (SSSR count). The number of carbonyl (C=O) groups excluding carboxylic acids is 1. The Hall–Kier alpha value is -2.09. The van der Waals surface area contributed by atoms with E-state index < -0.39 is 0 Å². The maximum absolute atomic E-state index is 12.0. The van der Waals surface area contributed by atoms with Crippen LogP contribution in [-0.2, 0) is 11.2 Å². The number of nitrogens with one attached hydrogen (secondary N) is 1. The summed E-state index contributed by atoms with van der Waals surface area (Å²) in [5.74, 6) is 1.23. The van der Waals surface area contributed by atoms with E-state index >= 15 is 0 Å². The van der Waals surface area contributed by atoms with Gasteiger partial charge < -0.3 is 9.47 Å². The molecule has 0 aromatic heterocycles. The van der Waals surface area contributed by atoms with Crippen LogP contribution in [0.2, 0.25) is 0 Å². The predicted octanol–water partition coefficient (Wildman–Crippen LogP) is 2.76. The van der Waals surface area contributed by atoms with E-state index in [1.54, 1.807) is 6.21 Å². The SMILES string of the molecule is O=C(Cc1ccc2c(c1)OCCO2)N/N=C/c1ccccc1I. The van der Waals surface area contributed by atoms with Crippen molar-refractivity contribution in [3.63, 3.8) is 0 Å². The lowest BCUT2D eigenvalue weighted by Crippen LogP contribution is -2.20. The van der Waals surface area contributed by atoms with Gasteiger partial charge in [-0.3, -0.25) is 4.79 Å². The Morgan fingerprint density at radius 3 is 2.78 bits per heavy atom. The molecule has 0 spiro atoms. The number of nitrogens with zero attached hydrogens (tertiary/aromatic N) is 1. The van der Waals surface area contributed by atoms with Crippen LogP contribution in [0.3, 0.4) is 0 Å². The molecule has 0 radical (unpaired) electrons. The molecule has 0 saturated heterocycles. The van der Waals surface area contributed by atoms with Gasteiger partial charge in [-0.05, 0) is 46.4 Å². The second-order valence-electron chi connectivity index (χ2n) is 4.97. The molecule has 2 aromatic carbocycles. The van der Waals surface area contributed by atoms with Crippen LogP contribution in [0, 0.1) is 3.57 Å². The van der Waals surface area contributed by atoms with E-state index in [0.717, 1.165) is 20.4 Å². The molecule has 1 N–H and O–H groups in total. The summed E-state index contributed by atoms with van der Waals surface area (Å²) in [4.78, 5) is 12.0. The highest BCUT2D eigenvalue weighted by Crippen LogP contribution is 2.30. The Balaban J connectivity index is 1.58. The fraction of sp³-hybridized carbons (Fsp3) is 0.176. The minimum atomic E-state index is -0.177. The zero-order valence-corrected chi connectivity index (χ0v) is 14.4. The molecule has 23 heavy (non-hydrogen) atoms. The number of halogens is 1. The van der Waals surface area contributed by atoms with Gasteiger partial charge in [0.1, 0.15) is 13.2 Å². The van der Waals surface area contributed by atoms with E-state index in [1.165, 1.54) is 0 Å². The zero-order chi connectivity index (χ0) is 16.1. The topological polar surface area (TPSA) is 59.9 Å². The molecule has 1 aliphatic rings. The van der Waals surface area contributed by atoms with Crippen molar-refractivity contribution in [3.8, 4) is 11.5 Å². The summed E-state index contributed by atoms with van der Waals surface area (Å²) in [6.45, 7) is 1.09. The Morgan fingerprint density at radius 2 is 1.96 bits per heavy atom. The van der Waals surface area contributed by atoms with Crippen LogP contribution in [0.25, 0.3) is 0 Å². The fourth-order valence-corrected chi connectivity index (χ4v) is 2.70. The van der Waals surface area contributed by atoms with Crippen LogP contribution >= 0.6 is 22.6 Å². The third-order valence-corrected chi connectivity index (χ3v) is 4.25. The molecule has 2 aromatic rings. The second kappa shape index (κ2) is 7.45. The highest BCUT2D eigenvalue weighted by Gasteiger charge is 2.12. The lowest BCUT2D eigenvalue weighted by atomic mass is 10.1. The Labute approximate surface area is 147 Å². The van der Waals surface area contributed by atoms with Gasteiger partial charge in [-0.1, -0.05) is 24.3 Å². The van der Waals surface area contributed by atoms with Crippen LogP contribution < -0.4 is 14.9 Å². The maximum atomic E-state index is 12.0. The molecule has 0 atom stereocenters. The van der Waals surface area contributed by atoms with E-state index in [2.05, 4.69) is 33.1 Å². The molecule has 0 unspecified atom stereocenters. The van der Waals surface area contributed by atoms with Crippen LogP contribution in [0.15, 0.2) is 47.6 Å².